The van der Waals surface area contributed by atoms with E-state index in [0.29, 0.717) is 0 Å². The van der Waals surface area contributed by atoms with Crippen LogP contribution in [0.1, 0.15) is 51.4 Å². The van der Waals surface area contributed by atoms with Crippen LogP contribution in [0.25, 0.3) is 0 Å². The van der Waals surface area contributed by atoms with Gasteiger partial charge in [0, 0.05) is 18.1 Å². The van der Waals surface area contributed by atoms with E-state index in [1.54, 1.807) is 0 Å². The second-order valence-electron chi connectivity index (χ2n) is 6.91. The number of hydrogen-bond donors (Lipinski definition) is 1. The van der Waals surface area contributed by atoms with Gasteiger partial charge in [-0.05, 0) is 76.3 Å². The molecule has 2 nitrogen and oxygen atoms in total. The Hall–Kier alpha value is -0.0800. The van der Waals surface area contributed by atoms with Crippen molar-refractivity contribution in [2.24, 2.45) is 11.8 Å². The molecule has 3 aliphatic carbocycles. The number of hydrogen-bond acceptors (Lipinski definition) is 2. The van der Waals surface area contributed by atoms with Gasteiger partial charge in [0.2, 0.25) is 0 Å². The highest BCUT2D eigenvalue weighted by molar-refractivity contribution is 4.98. The summed E-state index contributed by atoms with van der Waals surface area (Å²) in [5, 5.41) is 4.03. The number of piperidine rings is 1. The van der Waals surface area contributed by atoms with E-state index in [-0.39, 0.29) is 0 Å². The molecule has 0 atom stereocenters. The molecule has 0 radical (unpaired) electrons. The first-order chi connectivity index (χ1) is 8.40. The van der Waals surface area contributed by atoms with Crippen molar-refractivity contribution in [1.82, 2.24) is 10.2 Å². The summed E-state index contributed by atoms with van der Waals surface area (Å²) in [5.74, 6) is 2.12. The number of likely N-dealkylation sites (tertiary alicyclic amines) is 1. The van der Waals surface area contributed by atoms with Gasteiger partial charge < -0.3 is 10.2 Å². The fourth-order valence-corrected chi connectivity index (χ4v) is 3.71. The number of rotatable bonds is 5. The third-order valence-electron chi connectivity index (χ3n) is 5.28. The fraction of sp³-hybridized carbons (Fsp3) is 1.00. The Balaban J connectivity index is 1.27. The Morgan fingerprint density at radius 1 is 0.765 bits per heavy atom. The van der Waals surface area contributed by atoms with Crippen LogP contribution in [0.5, 0.6) is 0 Å². The topological polar surface area (TPSA) is 15.3 Å². The molecule has 0 unspecified atom stereocenters. The van der Waals surface area contributed by atoms with Crippen LogP contribution in [0.2, 0.25) is 0 Å². The molecule has 4 fully saturated rings. The van der Waals surface area contributed by atoms with E-state index in [0.717, 1.165) is 30.0 Å². The van der Waals surface area contributed by atoms with Gasteiger partial charge in [-0.1, -0.05) is 0 Å². The van der Waals surface area contributed by atoms with Crippen molar-refractivity contribution < 1.29 is 0 Å². The SMILES string of the molecule is C1CN(C2CC2)CCC1NC(C1CC1)C1CC1. The quantitative estimate of drug-likeness (QED) is 0.786. The van der Waals surface area contributed by atoms with Crippen LogP contribution >= 0.6 is 0 Å². The Morgan fingerprint density at radius 2 is 1.35 bits per heavy atom. The first-order valence-electron chi connectivity index (χ1n) is 7.90. The summed E-state index contributed by atoms with van der Waals surface area (Å²) < 4.78 is 0. The Bertz CT molecular complexity index is 259. The van der Waals surface area contributed by atoms with Gasteiger partial charge in [0.1, 0.15) is 0 Å². The molecule has 1 aliphatic heterocycles. The summed E-state index contributed by atoms with van der Waals surface area (Å²) in [6, 6.07) is 2.74. The molecule has 1 heterocycles. The Kier molecular flexibility index (Phi) is 2.69. The van der Waals surface area contributed by atoms with Gasteiger partial charge in [-0.2, -0.15) is 0 Å². The molecule has 4 rings (SSSR count). The second kappa shape index (κ2) is 4.24. The van der Waals surface area contributed by atoms with Gasteiger partial charge in [0.05, 0.1) is 0 Å². The minimum Gasteiger partial charge on any atom is -0.311 e. The van der Waals surface area contributed by atoms with Gasteiger partial charge in [0.15, 0.2) is 0 Å². The van der Waals surface area contributed by atoms with Crippen LogP contribution in [0.3, 0.4) is 0 Å². The molecule has 0 aromatic heterocycles. The molecule has 4 aliphatic rings. The first kappa shape index (κ1) is 10.8. The van der Waals surface area contributed by atoms with E-state index in [1.807, 2.05) is 0 Å². The first-order valence-corrected chi connectivity index (χ1v) is 7.90. The van der Waals surface area contributed by atoms with Crippen LogP contribution < -0.4 is 5.32 Å². The molecule has 0 bridgehead atoms. The highest BCUT2D eigenvalue weighted by Gasteiger charge is 2.42. The predicted molar refractivity (Wildman–Crippen MR) is 70.0 cm³/mol. The zero-order valence-corrected chi connectivity index (χ0v) is 10.9. The molecule has 17 heavy (non-hydrogen) atoms. The molecule has 0 aromatic rings. The van der Waals surface area contributed by atoms with E-state index in [1.165, 1.54) is 64.5 Å². The van der Waals surface area contributed by atoms with Gasteiger partial charge in [-0.3, -0.25) is 0 Å². The summed E-state index contributed by atoms with van der Waals surface area (Å²) >= 11 is 0. The molecule has 3 saturated carbocycles. The van der Waals surface area contributed by atoms with Gasteiger partial charge >= 0.3 is 0 Å². The number of nitrogens with one attached hydrogen (secondary N) is 1. The zero-order chi connectivity index (χ0) is 11.2. The van der Waals surface area contributed by atoms with E-state index in [2.05, 4.69) is 10.2 Å². The van der Waals surface area contributed by atoms with Crippen LogP contribution in [0.15, 0.2) is 0 Å². The molecule has 2 heteroatoms. The Labute approximate surface area is 105 Å². The summed E-state index contributed by atoms with van der Waals surface area (Å²) in [6.07, 6.45) is 11.8. The van der Waals surface area contributed by atoms with E-state index in [4.69, 9.17) is 0 Å². The largest absolute Gasteiger partial charge is 0.311 e. The lowest BCUT2D eigenvalue weighted by Crippen LogP contribution is -2.48. The fourth-order valence-electron chi connectivity index (χ4n) is 3.71. The molecular formula is C15H26N2. The normalized spacial score (nSPS) is 32.3. The van der Waals surface area contributed by atoms with Gasteiger partial charge in [0.25, 0.3) is 0 Å². The standard InChI is InChI=1S/C15H26N2/c1-2-11(1)15(12-3-4-12)16-13-7-9-17(10-8-13)14-5-6-14/h11-16H,1-10H2. The van der Waals surface area contributed by atoms with Crippen molar-refractivity contribution in [3.05, 3.63) is 0 Å². The lowest BCUT2D eigenvalue weighted by Gasteiger charge is -2.35. The second-order valence-corrected chi connectivity index (χ2v) is 6.91. The van der Waals surface area contributed by atoms with Crippen molar-refractivity contribution in [1.29, 1.82) is 0 Å². The smallest absolute Gasteiger partial charge is 0.0126 e. The van der Waals surface area contributed by atoms with Crippen LogP contribution in [-0.4, -0.2) is 36.1 Å². The average molecular weight is 234 g/mol. The summed E-state index contributed by atoms with van der Waals surface area (Å²) in [7, 11) is 0. The van der Waals surface area contributed by atoms with E-state index >= 15 is 0 Å². The molecule has 96 valence electrons. The van der Waals surface area contributed by atoms with Crippen LogP contribution in [0.4, 0.5) is 0 Å². The summed E-state index contributed by atoms with van der Waals surface area (Å²) in [6.45, 7) is 2.73. The van der Waals surface area contributed by atoms with Crippen molar-refractivity contribution in [3.63, 3.8) is 0 Å². The lowest BCUT2D eigenvalue weighted by atomic mass is 10.00. The maximum Gasteiger partial charge on any atom is 0.0126 e. The molecule has 0 aromatic carbocycles. The van der Waals surface area contributed by atoms with Gasteiger partial charge in [-0.25, -0.2) is 0 Å². The molecular weight excluding hydrogens is 208 g/mol. The third kappa shape index (κ3) is 2.53. The highest BCUT2D eigenvalue weighted by atomic mass is 15.2. The van der Waals surface area contributed by atoms with Gasteiger partial charge in [-0.15, -0.1) is 0 Å². The minimum absolute atomic E-state index is 0.844. The maximum absolute atomic E-state index is 4.03. The maximum atomic E-state index is 4.03. The van der Waals surface area contributed by atoms with Crippen LogP contribution in [0, 0.1) is 11.8 Å². The molecule has 1 saturated heterocycles. The molecule has 0 amide bonds. The van der Waals surface area contributed by atoms with E-state index in [9.17, 15) is 0 Å². The zero-order valence-electron chi connectivity index (χ0n) is 10.9. The summed E-state index contributed by atoms with van der Waals surface area (Å²) in [4.78, 5) is 2.74. The average Bonchev–Trinajstić information content (AvgIpc) is 3.22. The van der Waals surface area contributed by atoms with Crippen molar-refractivity contribution >= 4 is 0 Å². The highest BCUT2D eigenvalue weighted by Crippen LogP contribution is 2.45. The summed E-state index contributed by atoms with van der Waals surface area (Å²) in [5.41, 5.74) is 0. The predicted octanol–water partition coefficient (Wildman–Crippen LogP) is 2.39. The molecule has 0 spiro atoms. The lowest BCUT2D eigenvalue weighted by molar-refractivity contribution is 0.177. The number of nitrogens with zero attached hydrogens (tertiary/aromatic N) is 1. The monoisotopic (exact) mass is 234 g/mol. The Morgan fingerprint density at radius 3 is 1.82 bits per heavy atom. The van der Waals surface area contributed by atoms with Crippen molar-refractivity contribution in [2.45, 2.75) is 69.5 Å². The van der Waals surface area contributed by atoms with Crippen molar-refractivity contribution in [2.75, 3.05) is 13.1 Å². The van der Waals surface area contributed by atoms with Crippen molar-refractivity contribution in [3.8, 4) is 0 Å². The van der Waals surface area contributed by atoms with E-state index < -0.39 is 0 Å². The van der Waals surface area contributed by atoms with Crippen LogP contribution in [-0.2, 0) is 0 Å². The third-order valence-corrected chi connectivity index (χ3v) is 5.28. The molecule has 1 N–H and O–H groups in total. The minimum atomic E-state index is 0.844.